The van der Waals surface area contributed by atoms with E-state index < -0.39 is 0 Å². The van der Waals surface area contributed by atoms with Gasteiger partial charge in [0.15, 0.2) is 0 Å². The molecule has 2 unspecified atom stereocenters. The number of halogens is 1. The number of nitrogens with two attached hydrogens (primary N) is 1. The minimum Gasteiger partial charge on any atom is -0.367 e. The van der Waals surface area contributed by atoms with E-state index in [9.17, 15) is 4.39 Å². The fourth-order valence-corrected chi connectivity index (χ4v) is 2.79. The molecule has 1 fully saturated rings. The fourth-order valence-electron chi connectivity index (χ4n) is 2.79. The van der Waals surface area contributed by atoms with Gasteiger partial charge in [-0.3, -0.25) is 0 Å². The summed E-state index contributed by atoms with van der Waals surface area (Å²) in [5.74, 6) is -0.176. The monoisotopic (exact) mass is 236 g/mol. The Kier molecular flexibility index (Phi) is 4.00. The van der Waals surface area contributed by atoms with Crippen LogP contribution < -0.4 is 10.6 Å². The summed E-state index contributed by atoms with van der Waals surface area (Å²) in [6.07, 6.45) is 4.64. The molecule has 0 heterocycles. The first kappa shape index (κ1) is 12.4. The van der Waals surface area contributed by atoms with E-state index >= 15 is 0 Å². The SMILES string of the molecule is CCN(c1cccc(F)c1)C1CCCCC1N. The lowest BCUT2D eigenvalue weighted by Crippen LogP contribution is -2.49. The minimum atomic E-state index is -0.176. The number of hydrogen-bond donors (Lipinski definition) is 1. The van der Waals surface area contributed by atoms with Crippen LogP contribution in [0.1, 0.15) is 32.6 Å². The van der Waals surface area contributed by atoms with Crippen molar-refractivity contribution in [2.75, 3.05) is 11.4 Å². The molecule has 1 aliphatic rings. The Morgan fingerprint density at radius 3 is 2.76 bits per heavy atom. The molecule has 0 aromatic heterocycles. The molecule has 1 aromatic rings. The van der Waals surface area contributed by atoms with Crippen molar-refractivity contribution >= 4 is 5.69 Å². The fraction of sp³-hybridized carbons (Fsp3) is 0.571. The van der Waals surface area contributed by atoms with Gasteiger partial charge < -0.3 is 10.6 Å². The number of anilines is 1. The normalized spacial score (nSPS) is 24.6. The predicted octanol–water partition coefficient (Wildman–Crippen LogP) is 2.92. The highest BCUT2D eigenvalue weighted by atomic mass is 19.1. The average molecular weight is 236 g/mol. The second kappa shape index (κ2) is 5.50. The van der Waals surface area contributed by atoms with Gasteiger partial charge in [0, 0.05) is 24.3 Å². The lowest BCUT2D eigenvalue weighted by Gasteiger charge is -2.39. The molecule has 0 radical (unpaired) electrons. The molecular weight excluding hydrogens is 215 g/mol. The summed E-state index contributed by atoms with van der Waals surface area (Å²) in [6.45, 7) is 2.98. The van der Waals surface area contributed by atoms with Crippen molar-refractivity contribution in [3.05, 3.63) is 30.1 Å². The van der Waals surface area contributed by atoms with Crippen LogP contribution in [0.2, 0.25) is 0 Å². The molecule has 0 saturated heterocycles. The van der Waals surface area contributed by atoms with Gasteiger partial charge in [-0.25, -0.2) is 4.39 Å². The zero-order valence-electron chi connectivity index (χ0n) is 10.4. The van der Waals surface area contributed by atoms with E-state index in [0.29, 0.717) is 6.04 Å². The van der Waals surface area contributed by atoms with E-state index in [2.05, 4.69) is 11.8 Å². The number of hydrogen-bond acceptors (Lipinski definition) is 2. The first-order valence-electron chi connectivity index (χ1n) is 6.50. The lowest BCUT2D eigenvalue weighted by atomic mass is 9.89. The number of nitrogens with zero attached hydrogens (tertiary/aromatic N) is 1. The van der Waals surface area contributed by atoms with Crippen LogP contribution in [-0.2, 0) is 0 Å². The third kappa shape index (κ3) is 2.78. The molecule has 0 aliphatic heterocycles. The van der Waals surface area contributed by atoms with Crippen LogP contribution in [0.15, 0.2) is 24.3 Å². The van der Waals surface area contributed by atoms with E-state index in [-0.39, 0.29) is 11.9 Å². The van der Waals surface area contributed by atoms with Gasteiger partial charge in [-0.1, -0.05) is 18.9 Å². The summed E-state index contributed by atoms with van der Waals surface area (Å²) in [5, 5.41) is 0. The second-order valence-corrected chi connectivity index (χ2v) is 4.78. The Balaban J connectivity index is 2.20. The van der Waals surface area contributed by atoms with E-state index in [1.807, 2.05) is 6.07 Å². The van der Waals surface area contributed by atoms with E-state index in [1.54, 1.807) is 12.1 Å². The Labute approximate surface area is 103 Å². The summed E-state index contributed by atoms with van der Waals surface area (Å²) in [4.78, 5) is 2.24. The van der Waals surface area contributed by atoms with Gasteiger partial charge in [0.25, 0.3) is 0 Å². The molecule has 94 valence electrons. The minimum absolute atomic E-state index is 0.176. The summed E-state index contributed by atoms with van der Waals surface area (Å²) < 4.78 is 13.3. The van der Waals surface area contributed by atoms with Gasteiger partial charge in [-0.2, -0.15) is 0 Å². The maximum atomic E-state index is 13.3. The standard InChI is InChI=1S/C14H21FN2/c1-2-17(12-7-5-6-11(15)10-12)14-9-4-3-8-13(14)16/h5-7,10,13-14H,2-4,8-9,16H2,1H3. The molecule has 2 nitrogen and oxygen atoms in total. The van der Waals surface area contributed by atoms with Crippen LogP contribution in [-0.4, -0.2) is 18.6 Å². The molecule has 1 aromatic carbocycles. The maximum absolute atomic E-state index is 13.3. The van der Waals surface area contributed by atoms with Gasteiger partial charge in [-0.15, -0.1) is 0 Å². The van der Waals surface area contributed by atoms with Crippen LogP contribution in [0, 0.1) is 5.82 Å². The third-order valence-corrected chi connectivity index (χ3v) is 3.66. The molecule has 1 aliphatic carbocycles. The molecule has 2 rings (SSSR count). The van der Waals surface area contributed by atoms with Crippen molar-refractivity contribution in [3.8, 4) is 0 Å². The zero-order valence-corrected chi connectivity index (χ0v) is 10.4. The Morgan fingerprint density at radius 2 is 2.12 bits per heavy atom. The maximum Gasteiger partial charge on any atom is 0.125 e. The van der Waals surface area contributed by atoms with Crippen LogP contribution in [0.25, 0.3) is 0 Å². The van der Waals surface area contributed by atoms with Crippen LogP contribution in [0.3, 0.4) is 0 Å². The Bertz CT molecular complexity index is 367. The lowest BCUT2D eigenvalue weighted by molar-refractivity contribution is 0.366. The van der Waals surface area contributed by atoms with Crippen molar-refractivity contribution in [2.24, 2.45) is 5.73 Å². The highest BCUT2D eigenvalue weighted by molar-refractivity contribution is 5.47. The molecule has 0 amide bonds. The molecule has 3 heteroatoms. The summed E-state index contributed by atoms with van der Waals surface area (Å²) >= 11 is 0. The molecular formula is C14H21FN2. The number of benzene rings is 1. The van der Waals surface area contributed by atoms with Crippen LogP contribution in [0.4, 0.5) is 10.1 Å². The Hall–Kier alpha value is -1.09. The van der Waals surface area contributed by atoms with E-state index in [4.69, 9.17) is 5.73 Å². The first-order chi connectivity index (χ1) is 8.22. The molecule has 1 saturated carbocycles. The van der Waals surface area contributed by atoms with Gasteiger partial charge in [0.05, 0.1) is 0 Å². The zero-order chi connectivity index (χ0) is 12.3. The van der Waals surface area contributed by atoms with Crippen molar-refractivity contribution in [1.82, 2.24) is 0 Å². The van der Waals surface area contributed by atoms with Crippen molar-refractivity contribution in [1.29, 1.82) is 0 Å². The van der Waals surface area contributed by atoms with Gasteiger partial charge in [0.1, 0.15) is 5.82 Å². The van der Waals surface area contributed by atoms with Crippen LogP contribution in [0.5, 0.6) is 0 Å². The quantitative estimate of drug-likeness (QED) is 0.874. The van der Waals surface area contributed by atoms with Crippen molar-refractivity contribution in [3.63, 3.8) is 0 Å². The van der Waals surface area contributed by atoms with Crippen LogP contribution >= 0.6 is 0 Å². The molecule has 17 heavy (non-hydrogen) atoms. The predicted molar refractivity (Wildman–Crippen MR) is 69.7 cm³/mol. The Morgan fingerprint density at radius 1 is 1.35 bits per heavy atom. The second-order valence-electron chi connectivity index (χ2n) is 4.78. The van der Waals surface area contributed by atoms with Gasteiger partial charge in [-0.05, 0) is 38.0 Å². The third-order valence-electron chi connectivity index (χ3n) is 3.66. The summed E-state index contributed by atoms with van der Waals surface area (Å²) in [5.41, 5.74) is 7.15. The highest BCUT2D eigenvalue weighted by Crippen LogP contribution is 2.26. The van der Waals surface area contributed by atoms with E-state index in [0.717, 1.165) is 25.1 Å². The molecule has 2 N–H and O–H groups in total. The largest absolute Gasteiger partial charge is 0.367 e. The molecule has 0 spiro atoms. The number of rotatable bonds is 3. The topological polar surface area (TPSA) is 29.3 Å². The van der Waals surface area contributed by atoms with Gasteiger partial charge in [0.2, 0.25) is 0 Å². The smallest absolute Gasteiger partial charge is 0.125 e. The van der Waals surface area contributed by atoms with Gasteiger partial charge >= 0.3 is 0 Å². The van der Waals surface area contributed by atoms with Crippen molar-refractivity contribution in [2.45, 2.75) is 44.7 Å². The van der Waals surface area contributed by atoms with E-state index in [1.165, 1.54) is 18.9 Å². The summed E-state index contributed by atoms with van der Waals surface area (Å²) in [6, 6.07) is 7.39. The highest BCUT2D eigenvalue weighted by Gasteiger charge is 2.27. The molecule has 0 bridgehead atoms. The first-order valence-corrected chi connectivity index (χ1v) is 6.50. The molecule has 2 atom stereocenters. The summed E-state index contributed by atoms with van der Waals surface area (Å²) in [7, 11) is 0. The number of likely N-dealkylation sites (N-methyl/N-ethyl adjacent to an activating group) is 1. The van der Waals surface area contributed by atoms with Crippen molar-refractivity contribution < 1.29 is 4.39 Å². The average Bonchev–Trinajstić information content (AvgIpc) is 2.33.